The summed E-state index contributed by atoms with van der Waals surface area (Å²) in [6, 6.07) is 8.67. The van der Waals surface area contributed by atoms with Crippen molar-refractivity contribution in [1.82, 2.24) is 5.32 Å². The molecule has 0 fully saturated rings. The van der Waals surface area contributed by atoms with E-state index in [2.05, 4.69) is 62.3 Å². The van der Waals surface area contributed by atoms with Crippen molar-refractivity contribution < 1.29 is 0 Å². The van der Waals surface area contributed by atoms with Gasteiger partial charge in [-0.3, -0.25) is 4.99 Å². The molecular formula is C15H25N3S. The van der Waals surface area contributed by atoms with Crippen LogP contribution in [0.4, 0.5) is 0 Å². The van der Waals surface area contributed by atoms with Crippen LogP contribution in [0.2, 0.25) is 0 Å². The van der Waals surface area contributed by atoms with Crippen molar-refractivity contribution in [3.05, 3.63) is 35.4 Å². The predicted molar refractivity (Wildman–Crippen MR) is 86.7 cm³/mol. The lowest BCUT2D eigenvalue weighted by molar-refractivity contribution is 0.508. The van der Waals surface area contributed by atoms with Gasteiger partial charge < -0.3 is 11.1 Å². The van der Waals surface area contributed by atoms with E-state index < -0.39 is 0 Å². The number of hydrogen-bond donors (Lipinski definition) is 2. The van der Waals surface area contributed by atoms with Gasteiger partial charge in [-0.25, -0.2) is 0 Å². The topological polar surface area (TPSA) is 50.4 Å². The number of nitrogens with zero attached hydrogens (tertiary/aromatic N) is 1. The standard InChI is InChI=1S/C15H25N3S/c1-12-5-7-13(8-6-12)11-19-10-9-17-14(16)18-15(2,3)4/h5-8H,9-11H2,1-4H3,(H3,16,17,18). The molecule has 1 aromatic carbocycles. The van der Waals surface area contributed by atoms with E-state index in [-0.39, 0.29) is 5.54 Å². The number of thioether (sulfide) groups is 1. The minimum Gasteiger partial charge on any atom is -0.370 e. The van der Waals surface area contributed by atoms with Gasteiger partial charge in [0.1, 0.15) is 0 Å². The van der Waals surface area contributed by atoms with Gasteiger partial charge in [0.05, 0.1) is 6.54 Å². The number of hydrogen-bond acceptors (Lipinski definition) is 2. The van der Waals surface area contributed by atoms with Crippen LogP contribution in [0.3, 0.4) is 0 Å². The highest BCUT2D eigenvalue weighted by Gasteiger charge is 2.09. The maximum absolute atomic E-state index is 5.80. The summed E-state index contributed by atoms with van der Waals surface area (Å²) in [6.45, 7) is 9.08. The molecule has 106 valence electrons. The smallest absolute Gasteiger partial charge is 0.189 e. The highest BCUT2D eigenvalue weighted by Crippen LogP contribution is 2.12. The third-order valence-corrected chi connectivity index (χ3v) is 3.42. The van der Waals surface area contributed by atoms with Crippen molar-refractivity contribution in [1.29, 1.82) is 0 Å². The summed E-state index contributed by atoms with van der Waals surface area (Å²) < 4.78 is 0. The molecule has 1 rings (SSSR count). The van der Waals surface area contributed by atoms with Crippen LogP contribution < -0.4 is 11.1 Å². The van der Waals surface area contributed by atoms with Crippen LogP contribution >= 0.6 is 11.8 Å². The third-order valence-electron chi connectivity index (χ3n) is 2.41. The molecular weight excluding hydrogens is 254 g/mol. The highest BCUT2D eigenvalue weighted by molar-refractivity contribution is 7.98. The Morgan fingerprint density at radius 2 is 1.89 bits per heavy atom. The summed E-state index contributed by atoms with van der Waals surface area (Å²) in [4.78, 5) is 4.32. The van der Waals surface area contributed by atoms with E-state index in [4.69, 9.17) is 5.73 Å². The first-order chi connectivity index (χ1) is 8.87. The van der Waals surface area contributed by atoms with Crippen molar-refractivity contribution in [3.63, 3.8) is 0 Å². The van der Waals surface area contributed by atoms with Gasteiger partial charge in [0, 0.05) is 17.0 Å². The first-order valence-electron chi connectivity index (χ1n) is 6.58. The molecule has 0 aliphatic heterocycles. The van der Waals surface area contributed by atoms with Gasteiger partial charge in [-0.1, -0.05) is 29.8 Å². The Hall–Kier alpha value is -1.16. The van der Waals surface area contributed by atoms with Gasteiger partial charge in [0.2, 0.25) is 0 Å². The average Bonchev–Trinajstić information content (AvgIpc) is 2.29. The van der Waals surface area contributed by atoms with E-state index in [0.717, 1.165) is 18.1 Å². The Balaban J connectivity index is 2.20. The Labute approximate surface area is 121 Å². The largest absolute Gasteiger partial charge is 0.370 e. The molecule has 0 saturated carbocycles. The van der Waals surface area contributed by atoms with Crippen LogP contribution in [-0.2, 0) is 5.75 Å². The Kier molecular flexibility index (Phi) is 6.22. The molecule has 19 heavy (non-hydrogen) atoms. The molecule has 3 N–H and O–H groups in total. The molecule has 0 aliphatic rings. The molecule has 0 amide bonds. The molecule has 4 heteroatoms. The summed E-state index contributed by atoms with van der Waals surface area (Å²) in [5.41, 5.74) is 8.44. The molecule has 0 bridgehead atoms. The third kappa shape index (κ3) is 7.78. The van der Waals surface area contributed by atoms with Crippen LogP contribution in [0.25, 0.3) is 0 Å². The van der Waals surface area contributed by atoms with Crippen molar-refractivity contribution in [2.75, 3.05) is 12.3 Å². The molecule has 0 atom stereocenters. The summed E-state index contributed by atoms with van der Waals surface area (Å²) in [5, 5.41) is 3.15. The maximum atomic E-state index is 5.80. The minimum absolute atomic E-state index is 0.0252. The zero-order valence-electron chi connectivity index (χ0n) is 12.4. The second kappa shape index (κ2) is 7.43. The van der Waals surface area contributed by atoms with Crippen LogP contribution in [0.5, 0.6) is 0 Å². The van der Waals surface area contributed by atoms with Gasteiger partial charge in [0.25, 0.3) is 0 Å². The number of guanidine groups is 1. The van der Waals surface area contributed by atoms with Gasteiger partial charge in [-0.15, -0.1) is 0 Å². The number of aryl methyl sites for hydroxylation is 1. The predicted octanol–water partition coefficient (Wildman–Crippen LogP) is 2.93. The van der Waals surface area contributed by atoms with Crippen molar-refractivity contribution >= 4 is 17.7 Å². The number of nitrogens with two attached hydrogens (primary N) is 1. The molecule has 0 aromatic heterocycles. The summed E-state index contributed by atoms with van der Waals surface area (Å²) in [6.07, 6.45) is 0. The SMILES string of the molecule is Cc1ccc(CSCCN=C(N)NC(C)(C)C)cc1. The number of aliphatic imine (C=N–C) groups is 1. The molecule has 0 spiro atoms. The highest BCUT2D eigenvalue weighted by atomic mass is 32.2. The number of nitrogens with one attached hydrogen (secondary N) is 1. The van der Waals surface area contributed by atoms with E-state index >= 15 is 0 Å². The second-order valence-electron chi connectivity index (χ2n) is 5.68. The average molecular weight is 279 g/mol. The van der Waals surface area contributed by atoms with Crippen molar-refractivity contribution in [2.24, 2.45) is 10.7 Å². The molecule has 0 unspecified atom stereocenters. The Morgan fingerprint density at radius 1 is 1.26 bits per heavy atom. The summed E-state index contributed by atoms with van der Waals surface area (Å²) in [7, 11) is 0. The van der Waals surface area contributed by atoms with Crippen molar-refractivity contribution in [3.8, 4) is 0 Å². The molecule has 3 nitrogen and oxygen atoms in total. The van der Waals surface area contributed by atoms with E-state index in [1.807, 2.05) is 11.8 Å². The Bertz CT molecular complexity index is 404. The van der Waals surface area contributed by atoms with E-state index in [1.165, 1.54) is 11.1 Å². The van der Waals surface area contributed by atoms with Crippen LogP contribution in [0, 0.1) is 6.92 Å². The fourth-order valence-electron chi connectivity index (χ4n) is 1.53. The lowest BCUT2D eigenvalue weighted by atomic mass is 10.1. The van der Waals surface area contributed by atoms with Gasteiger partial charge >= 0.3 is 0 Å². The molecule has 1 aromatic rings. The van der Waals surface area contributed by atoms with Crippen LogP contribution in [0.15, 0.2) is 29.3 Å². The zero-order chi connectivity index (χ0) is 14.3. The van der Waals surface area contributed by atoms with E-state index in [1.54, 1.807) is 0 Å². The van der Waals surface area contributed by atoms with Gasteiger partial charge in [0.15, 0.2) is 5.96 Å². The molecule has 0 radical (unpaired) electrons. The van der Waals surface area contributed by atoms with Crippen LogP contribution in [-0.4, -0.2) is 23.8 Å². The van der Waals surface area contributed by atoms with E-state index in [9.17, 15) is 0 Å². The first kappa shape index (κ1) is 15.9. The lowest BCUT2D eigenvalue weighted by Crippen LogP contribution is -2.45. The monoisotopic (exact) mass is 279 g/mol. The maximum Gasteiger partial charge on any atom is 0.189 e. The zero-order valence-corrected chi connectivity index (χ0v) is 13.2. The van der Waals surface area contributed by atoms with Gasteiger partial charge in [-0.05, 0) is 33.3 Å². The fraction of sp³-hybridized carbons (Fsp3) is 0.533. The molecule has 0 aliphatic carbocycles. The van der Waals surface area contributed by atoms with Gasteiger partial charge in [-0.2, -0.15) is 11.8 Å². The second-order valence-corrected chi connectivity index (χ2v) is 6.79. The van der Waals surface area contributed by atoms with E-state index in [0.29, 0.717) is 5.96 Å². The summed E-state index contributed by atoms with van der Waals surface area (Å²) >= 11 is 1.88. The Morgan fingerprint density at radius 3 is 2.47 bits per heavy atom. The van der Waals surface area contributed by atoms with Crippen molar-refractivity contribution in [2.45, 2.75) is 39.0 Å². The normalized spacial score (nSPS) is 12.5. The summed E-state index contributed by atoms with van der Waals surface area (Å²) in [5.74, 6) is 2.55. The molecule has 0 saturated heterocycles. The molecule has 0 heterocycles. The number of rotatable bonds is 5. The quantitative estimate of drug-likeness (QED) is 0.495. The fourth-order valence-corrected chi connectivity index (χ4v) is 2.32. The lowest BCUT2D eigenvalue weighted by Gasteiger charge is -2.20. The number of benzene rings is 1. The van der Waals surface area contributed by atoms with Crippen LogP contribution in [0.1, 0.15) is 31.9 Å². The first-order valence-corrected chi connectivity index (χ1v) is 7.74. The minimum atomic E-state index is -0.0252.